The molecule has 0 N–H and O–H groups in total. The summed E-state index contributed by atoms with van der Waals surface area (Å²) in [4.78, 5) is 11.9. The highest BCUT2D eigenvalue weighted by Crippen LogP contribution is 1.99. The van der Waals surface area contributed by atoms with E-state index >= 15 is 0 Å². The van der Waals surface area contributed by atoms with Crippen molar-refractivity contribution >= 4 is 0 Å². The zero-order chi connectivity index (χ0) is 9.40. The fraction of sp³-hybridized carbons (Fsp3) is 0.778. The summed E-state index contributed by atoms with van der Waals surface area (Å²) in [7, 11) is 3.95. The third-order valence-corrected chi connectivity index (χ3v) is 1.36. The van der Waals surface area contributed by atoms with E-state index in [4.69, 9.17) is 0 Å². The molecule has 0 amide bonds. The molecule has 0 aliphatic heterocycles. The summed E-state index contributed by atoms with van der Waals surface area (Å²) in [6, 6.07) is 0. The first kappa shape index (κ1) is 11.1. The van der Waals surface area contributed by atoms with Gasteiger partial charge in [-0.15, -0.1) is 5.92 Å². The monoisotopic (exact) mass is 168 g/mol. The predicted molar refractivity (Wildman–Crippen MR) is 50.8 cm³/mol. The second kappa shape index (κ2) is 6.81. The van der Waals surface area contributed by atoms with Crippen molar-refractivity contribution < 1.29 is 0 Å². The third-order valence-electron chi connectivity index (χ3n) is 1.36. The van der Waals surface area contributed by atoms with Gasteiger partial charge in [0.25, 0.3) is 0 Å². The van der Waals surface area contributed by atoms with Gasteiger partial charge in [-0.25, -0.2) is 0 Å². The molecule has 0 aromatic carbocycles. The van der Waals surface area contributed by atoms with Gasteiger partial charge in [-0.1, -0.05) is 18.0 Å². The Hall–Kier alpha value is -0.880. The maximum Gasteiger partial charge on any atom is 0.0845 e. The number of rotatable bonds is 4. The minimum atomic E-state index is 0.289. The molecule has 0 aromatic heterocycles. The average Bonchev–Trinajstić information content (AvgIpc) is 1.98. The Balaban J connectivity index is 3.48. The van der Waals surface area contributed by atoms with Gasteiger partial charge in [0.15, 0.2) is 0 Å². The highest BCUT2D eigenvalue weighted by molar-refractivity contribution is 5.01. The van der Waals surface area contributed by atoms with E-state index in [1.807, 2.05) is 25.9 Å². The summed E-state index contributed by atoms with van der Waals surface area (Å²) >= 11 is 0. The van der Waals surface area contributed by atoms with Gasteiger partial charge in [0.05, 0.1) is 13.1 Å². The van der Waals surface area contributed by atoms with E-state index in [0.29, 0.717) is 6.54 Å². The first-order chi connectivity index (χ1) is 5.66. The summed E-state index contributed by atoms with van der Waals surface area (Å²) in [5.41, 5.74) is 0. The molecule has 0 aliphatic rings. The van der Waals surface area contributed by atoms with E-state index < -0.39 is 0 Å². The van der Waals surface area contributed by atoms with Crippen LogP contribution in [-0.2, 0) is 0 Å². The van der Waals surface area contributed by atoms with Crippen LogP contribution in [0.5, 0.6) is 0 Å². The van der Waals surface area contributed by atoms with Gasteiger partial charge in [-0.2, -0.15) is 4.91 Å². The average molecular weight is 168 g/mol. The SMILES string of the molecule is CC(CC#CCN(C)C)CN=O. The molecule has 68 valence electrons. The molecule has 0 spiro atoms. The predicted octanol–water partition coefficient (Wildman–Crippen LogP) is 1.34. The van der Waals surface area contributed by atoms with Gasteiger partial charge < -0.3 is 0 Å². The van der Waals surface area contributed by atoms with Crippen molar-refractivity contribution in [3.63, 3.8) is 0 Å². The molecule has 1 atom stereocenters. The lowest BCUT2D eigenvalue weighted by Gasteiger charge is -2.02. The largest absolute Gasteiger partial charge is 0.299 e. The first-order valence-corrected chi connectivity index (χ1v) is 4.06. The zero-order valence-electron chi connectivity index (χ0n) is 8.00. The minimum Gasteiger partial charge on any atom is -0.299 e. The van der Waals surface area contributed by atoms with Crippen molar-refractivity contribution in [3.05, 3.63) is 4.91 Å². The molecule has 0 heterocycles. The standard InChI is InChI=1S/C9H16N2O/c1-9(8-10-12)6-4-5-7-11(2)3/h9H,6-8H2,1-3H3. The van der Waals surface area contributed by atoms with Gasteiger partial charge in [0, 0.05) is 6.42 Å². The zero-order valence-corrected chi connectivity index (χ0v) is 8.00. The van der Waals surface area contributed by atoms with Gasteiger partial charge >= 0.3 is 0 Å². The van der Waals surface area contributed by atoms with E-state index in [9.17, 15) is 4.91 Å². The van der Waals surface area contributed by atoms with Gasteiger partial charge in [-0.05, 0) is 20.0 Å². The van der Waals surface area contributed by atoms with Crippen molar-refractivity contribution in [1.29, 1.82) is 0 Å². The number of hydrogen-bond donors (Lipinski definition) is 0. The molecular formula is C9H16N2O. The van der Waals surface area contributed by atoms with Gasteiger partial charge in [0.2, 0.25) is 0 Å². The Bertz CT molecular complexity index is 179. The van der Waals surface area contributed by atoms with Crippen molar-refractivity contribution in [3.8, 4) is 11.8 Å². The summed E-state index contributed by atoms with van der Waals surface area (Å²) in [5, 5.41) is 2.82. The number of nitrogens with zero attached hydrogens (tertiary/aromatic N) is 2. The van der Waals surface area contributed by atoms with Crippen LogP contribution >= 0.6 is 0 Å². The highest BCUT2D eigenvalue weighted by Gasteiger charge is 1.97. The molecule has 0 saturated carbocycles. The summed E-state index contributed by atoms with van der Waals surface area (Å²) in [6.45, 7) is 3.13. The van der Waals surface area contributed by atoms with Crippen LogP contribution in [0.4, 0.5) is 0 Å². The lowest BCUT2D eigenvalue weighted by Crippen LogP contribution is -2.10. The van der Waals surface area contributed by atoms with E-state index in [2.05, 4.69) is 17.0 Å². The van der Waals surface area contributed by atoms with Crippen LogP contribution in [0.1, 0.15) is 13.3 Å². The molecule has 3 heteroatoms. The molecule has 0 fully saturated rings. The number of hydrogen-bond acceptors (Lipinski definition) is 3. The fourth-order valence-electron chi connectivity index (χ4n) is 0.652. The molecule has 0 rings (SSSR count). The Morgan fingerprint density at radius 1 is 1.42 bits per heavy atom. The quantitative estimate of drug-likeness (QED) is 0.469. The third kappa shape index (κ3) is 7.23. The Labute approximate surface area is 74.1 Å². The lowest BCUT2D eigenvalue weighted by atomic mass is 10.1. The van der Waals surface area contributed by atoms with Gasteiger partial charge in [-0.3, -0.25) is 4.90 Å². The topological polar surface area (TPSA) is 32.7 Å². The Morgan fingerprint density at radius 3 is 2.58 bits per heavy atom. The molecule has 0 radical (unpaired) electrons. The molecule has 3 nitrogen and oxygen atoms in total. The smallest absolute Gasteiger partial charge is 0.0845 e. The molecule has 0 aromatic rings. The molecule has 0 aliphatic carbocycles. The van der Waals surface area contributed by atoms with Crippen molar-refractivity contribution in [1.82, 2.24) is 4.90 Å². The second-order valence-corrected chi connectivity index (χ2v) is 3.21. The van der Waals surface area contributed by atoms with Crippen LogP contribution in [0.3, 0.4) is 0 Å². The molecular weight excluding hydrogens is 152 g/mol. The maximum absolute atomic E-state index is 9.85. The van der Waals surface area contributed by atoms with Crippen LogP contribution in [0, 0.1) is 22.7 Å². The number of nitroso groups, excluding NO2 is 1. The van der Waals surface area contributed by atoms with Crippen LogP contribution in [0.2, 0.25) is 0 Å². The normalized spacial score (nSPS) is 12.0. The summed E-state index contributed by atoms with van der Waals surface area (Å²) in [6.07, 6.45) is 0.763. The molecule has 12 heavy (non-hydrogen) atoms. The van der Waals surface area contributed by atoms with Crippen LogP contribution in [0.15, 0.2) is 5.18 Å². The van der Waals surface area contributed by atoms with Crippen molar-refractivity contribution in [2.45, 2.75) is 13.3 Å². The van der Waals surface area contributed by atoms with Crippen LogP contribution in [0.25, 0.3) is 0 Å². The maximum atomic E-state index is 9.85. The van der Waals surface area contributed by atoms with Crippen molar-refractivity contribution in [2.24, 2.45) is 11.1 Å². The Morgan fingerprint density at radius 2 is 2.08 bits per heavy atom. The highest BCUT2D eigenvalue weighted by atomic mass is 16.3. The summed E-state index contributed by atoms with van der Waals surface area (Å²) in [5.74, 6) is 6.31. The van der Waals surface area contributed by atoms with E-state index in [1.165, 1.54) is 0 Å². The summed E-state index contributed by atoms with van der Waals surface area (Å²) < 4.78 is 0. The molecule has 0 saturated heterocycles. The van der Waals surface area contributed by atoms with E-state index in [1.54, 1.807) is 0 Å². The first-order valence-electron chi connectivity index (χ1n) is 4.06. The van der Waals surface area contributed by atoms with E-state index in [0.717, 1.165) is 13.0 Å². The Kier molecular flexibility index (Phi) is 6.31. The molecule has 0 bridgehead atoms. The minimum absolute atomic E-state index is 0.289. The van der Waals surface area contributed by atoms with E-state index in [-0.39, 0.29) is 5.92 Å². The van der Waals surface area contributed by atoms with Crippen LogP contribution in [-0.4, -0.2) is 32.1 Å². The van der Waals surface area contributed by atoms with Gasteiger partial charge in [0.1, 0.15) is 0 Å². The molecule has 1 unspecified atom stereocenters. The fourth-order valence-corrected chi connectivity index (χ4v) is 0.652. The lowest BCUT2D eigenvalue weighted by molar-refractivity contribution is 0.463. The second-order valence-electron chi connectivity index (χ2n) is 3.21. The van der Waals surface area contributed by atoms with Crippen LogP contribution < -0.4 is 0 Å². The van der Waals surface area contributed by atoms with Crippen molar-refractivity contribution in [2.75, 3.05) is 27.2 Å².